The lowest BCUT2D eigenvalue weighted by molar-refractivity contribution is -0.132. The molecule has 1 aromatic heterocycles. The molecule has 1 aliphatic heterocycles. The fraction of sp³-hybridized carbons (Fsp3) is 0.538. The molecule has 0 bridgehead atoms. The van der Waals surface area contributed by atoms with Gasteiger partial charge in [-0.25, -0.2) is 0 Å². The largest absolute Gasteiger partial charge is 0.459 e. The first-order chi connectivity index (χ1) is 8.59. The van der Waals surface area contributed by atoms with Crippen molar-refractivity contribution < 1.29 is 14.0 Å². The molecule has 0 spiro atoms. The lowest BCUT2D eigenvalue weighted by Gasteiger charge is -2.26. The fourth-order valence-electron chi connectivity index (χ4n) is 2.43. The van der Waals surface area contributed by atoms with Gasteiger partial charge in [-0.15, -0.1) is 0 Å². The molecule has 0 radical (unpaired) electrons. The summed E-state index contributed by atoms with van der Waals surface area (Å²) in [6, 6.07) is 3.73. The molecule has 2 rings (SSSR count). The number of likely N-dealkylation sites (tertiary alicyclic amines) is 1. The molecule has 2 heterocycles. The number of furan rings is 1. The molecule has 1 aliphatic rings. The van der Waals surface area contributed by atoms with Crippen LogP contribution in [-0.2, 0) is 4.79 Å². The van der Waals surface area contributed by atoms with E-state index in [-0.39, 0.29) is 36.2 Å². The van der Waals surface area contributed by atoms with Crippen molar-refractivity contribution in [2.24, 2.45) is 0 Å². The molecular formula is C13H18N2O3. The monoisotopic (exact) mass is 250 g/mol. The molecular weight excluding hydrogens is 232 g/mol. The number of amides is 2. The minimum Gasteiger partial charge on any atom is -0.459 e. The van der Waals surface area contributed by atoms with Crippen molar-refractivity contribution in [2.45, 2.75) is 38.8 Å². The summed E-state index contributed by atoms with van der Waals surface area (Å²) in [6.07, 6.45) is 3.49. The fourth-order valence-corrected chi connectivity index (χ4v) is 2.43. The molecule has 0 aromatic carbocycles. The van der Waals surface area contributed by atoms with Crippen molar-refractivity contribution in [1.29, 1.82) is 0 Å². The van der Waals surface area contributed by atoms with Crippen LogP contribution in [-0.4, -0.2) is 35.3 Å². The van der Waals surface area contributed by atoms with Gasteiger partial charge in [-0.05, 0) is 38.8 Å². The van der Waals surface area contributed by atoms with Gasteiger partial charge in [0, 0.05) is 12.1 Å². The zero-order valence-electron chi connectivity index (χ0n) is 10.7. The first kappa shape index (κ1) is 12.7. The number of rotatable bonds is 3. The topological polar surface area (TPSA) is 62.6 Å². The molecule has 18 heavy (non-hydrogen) atoms. The Morgan fingerprint density at radius 3 is 2.61 bits per heavy atom. The first-order valence-corrected chi connectivity index (χ1v) is 6.22. The van der Waals surface area contributed by atoms with Gasteiger partial charge >= 0.3 is 0 Å². The second-order valence-corrected chi connectivity index (χ2v) is 4.74. The predicted molar refractivity (Wildman–Crippen MR) is 66.0 cm³/mol. The Kier molecular flexibility index (Phi) is 3.69. The van der Waals surface area contributed by atoms with E-state index in [9.17, 15) is 9.59 Å². The smallest absolute Gasteiger partial charge is 0.287 e. The molecule has 1 N–H and O–H groups in total. The summed E-state index contributed by atoms with van der Waals surface area (Å²) in [7, 11) is 0. The lowest BCUT2D eigenvalue weighted by atomic mass is 10.2. The van der Waals surface area contributed by atoms with Crippen LogP contribution < -0.4 is 5.32 Å². The van der Waals surface area contributed by atoms with Crippen molar-refractivity contribution in [3.63, 3.8) is 0 Å². The van der Waals surface area contributed by atoms with Gasteiger partial charge in [-0.2, -0.15) is 0 Å². The Bertz CT molecular complexity index is 417. The van der Waals surface area contributed by atoms with Crippen LogP contribution in [0.2, 0.25) is 0 Å². The Balaban J connectivity index is 1.87. The Hall–Kier alpha value is -1.78. The summed E-state index contributed by atoms with van der Waals surface area (Å²) in [6.45, 7) is 4.10. The number of hydrogen-bond donors (Lipinski definition) is 1. The number of carbonyl (C=O) groups excluding carboxylic acids is 2. The van der Waals surface area contributed by atoms with E-state index in [2.05, 4.69) is 5.32 Å². The minimum absolute atomic E-state index is 0.0220. The highest BCUT2D eigenvalue weighted by Crippen LogP contribution is 2.23. The van der Waals surface area contributed by atoms with Gasteiger partial charge < -0.3 is 14.6 Å². The molecule has 1 fully saturated rings. The van der Waals surface area contributed by atoms with Crippen molar-refractivity contribution >= 4 is 11.8 Å². The van der Waals surface area contributed by atoms with Crippen LogP contribution in [0.1, 0.15) is 37.2 Å². The van der Waals surface area contributed by atoms with Crippen LogP contribution in [0.4, 0.5) is 0 Å². The Morgan fingerprint density at radius 1 is 1.39 bits per heavy atom. The van der Waals surface area contributed by atoms with Crippen LogP contribution in [0.3, 0.4) is 0 Å². The van der Waals surface area contributed by atoms with Crippen LogP contribution in [0.5, 0.6) is 0 Å². The Morgan fingerprint density at radius 2 is 2.06 bits per heavy atom. The highest BCUT2D eigenvalue weighted by Gasteiger charge is 2.31. The lowest BCUT2D eigenvalue weighted by Crippen LogP contribution is -2.44. The third kappa shape index (κ3) is 2.55. The maximum atomic E-state index is 12.0. The van der Waals surface area contributed by atoms with Gasteiger partial charge in [0.2, 0.25) is 5.91 Å². The SMILES string of the molecule is C[C@@H]1CC[C@H](C)N1C(=O)CNC(=O)c1ccco1. The van der Waals surface area contributed by atoms with Crippen molar-refractivity contribution in [2.75, 3.05) is 6.54 Å². The quantitative estimate of drug-likeness (QED) is 0.882. The van der Waals surface area contributed by atoms with Gasteiger partial charge in [0.25, 0.3) is 5.91 Å². The molecule has 1 aromatic rings. The molecule has 98 valence electrons. The molecule has 5 heteroatoms. The summed E-state index contributed by atoms with van der Waals surface area (Å²) in [5, 5.41) is 2.58. The van der Waals surface area contributed by atoms with Gasteiger partial charge in [0.05, 0.1) is 12.8 Å². The minimum atomic E-state index is -0.354. The number of hydrogen-bond acceptors (Lipinski definition) is 3. The zero-order valence-corrected chi connectivity index (χ0v) is 10.7. The predicted octanol–water partition coefficient (Wildman–Crippen LogP) is 1.41. The number of carbonyl (C=O) groups is 2. The molecule has 2 atom stereocenters. The third-order valence-electron chi connectivity index (χ3n) is 3.39. The highest BCUT2D eigenvalue weighted by molar-refractivity contribution is 5.94. The van der Waals surface area contributed by atoms with E-state index < -0.39 is 0 Å². The Labute approximate surface area is 106 Å². The standard InChI is InChI=1S/C13H18N2O3/c1-9-5-6-10(2)15(9)12(16)8-14-13(17)11-4-3-7-18-11/h3-4,7,9-10H,5-6,8H2,1-2H3,(H,14,17)/t9-,10+. The first-order valence-electron chi connectivity index (χ1n) is 6.22. The average molecular weight is 250 g/mol. The van der Waals surface area contributed by atoms with E-state index in [0.717, 1.165) is 12.8 Å². The van der Waals surface area contributed by atoms with Gasteiger partial charge in [0.1, 0.15) is 0 Å². The molecule has 5 nitrogen and oxygen atoms in total. The van der Waals surface area contributed by atoms with Crippen LogP contribution in [0, 0.1) is 0 Å². The summed E-state index contributed by atoms with van der Waals surface area (Å²) >= 11 is 0. The normalized spacial score (nSPS) is 23.1. The van der Waals surface area contributed by atoms with Crippen molar-refractivity contribution in [3.8, 4) is 0 Å². The molecule has 1 saturated heterocycles. The van der Waals surface area contributed by atoms with Gasteiger partial charge in [0.15, 0.2) is 5.76 Å². The van der Waals surface area contributed by atoms with E-state index in [1.54, 1.807) is 12.1 Å². The van der Waals surface area contributed by atoms with Crippen LogP contribution in [0.25, 0.3) is 0 Å². The van der Waals surface area contributed by atoms with Gasteiger partial charge in [-0.1, -0.05) is 0 Å². The molecule has 0 saturated carbocycles. The van der Waals surface area contributed by atoms with E-state index in [0.29, 0.717) is 0 Å². The van der Waals surface area contributed by atoms with Crippen LogP contribution >= 0.6 is 0 Å². The second kappa shape index (κ2) is 5.25. The van der Waals surface area contributed by atoms with Crippen molar-refractivity contribution in [1.82, 2.24) is 10.2 Å². The maximum absolute atomic E-state index is 12.0. The molecule has 0 unspecified atom stereocenters. The highest BCUT2D eigenvalue weighted by atomic mass is 16.3. The van der Waals surface area contributed by atoms with E-state index in [4.69, 9.17) is 4.42 Å². The van der Waals surface area contributed by atoms with E-state index in [1.807, 2.05) is 18.7 Å². The number of nitrogens with one attached hydrogen (secondary N) is 1. The van der Waals surface area contributed by atoms with E-state index in [1.165, 1.54) is 6.26 Å². The van der Waals surface area contributed by atoms with Gasteiger partial charge in [-0.3, -0.25) is 9.59 Å². The number of nitrogens with zero attached hydrogens (tertiary/aromatic N) is 1. The molecule has 0 aliphatic carbocycles. The van der Waals surface area contributed by atoms with Crippen LogP contribution in [0.15, 0.2) is 22.8 Å². The summed E-state index contributed by atoms with van der Waals surface area (Å²) < 4.78 is 4.96. The zero-order chi connectivity index (χ0) is 13.1. The van der Waals surface area contributed by atoms with Crippen molar-refractivity contribution in [3.05, 3.63) is 24.2 Å². The molecule has 2 amide bonds. The summed E-state index contributed by atoms with van der Waals surface area (Å²) in [5.74, 6) is -0.162. The van der Waals surface area contributed by atoms with E-state index >= 15 is 0 Å². The maximum Gasteiger partial charge on any atom is 0.287 e. The summed E-state index contributed by atoms with van der Waals surface area (Å²) in [5.41, 5.74) is 0. The summed E-state index contributed by atoms with van der Waals surface area (Å²) in [4.78, 5) is 25.5. The second-order valence-electron chi connectivity index (χ2n) is 4.74. The average Bonchev–Trinajstić information content (AvgIpc) is 2.96. The third-order valence-corrected chi connectivity index (χ3v) is 3.39.